The lowest BCUT2D eigenvalue weighted by molar-refractivity contribution is -0.106. The molecule has 2 unspecified atom stereocenters. The summed E-state index contributed by atoms with van der Waals surface area (Å²) in [5.74, 6) is 1.68. The monoisotopic (exact) mass is 517 g/mol. The van der Waals surface area contributed by atoms with Crippen molar-refractivity contribution in [3.05, 3.63) is 47.5 Å². The molecule has 0 saturated heterocycles. The number of aldehydes is 1. The highest BCUT2D eigenvalue weighted by Crippen LogP contribution is 2.24. The van der Waals surface area contributed by atoms with Crippen molar-refractivity contribution in [1.82, 2.24) is 16.0 Å². The standard InChI is InChI=1S/C20H33N3O3.C8H14.C2H4O/c1-20(2,3)26-19(25)23-15-16-9-11-17(12-10-16)18(24)22-14-8-6-5-7-13-21-4;1-3-8-5-4-7(2)6-8;1-2-3/h9-12,21H,5-8,13-15H2,1-4H3,(H,22,24)(H,23,25);4-5,7-8H,3,6H2,1-2H3;2H,1H3. The molecule has 0 aromatic heterocycles. The van der Waals surface area contributed by atoms with Crippen LogP contribution >= 0.6 is 0 Å². The molecule has 0 aliphatic heterocycles. The number of carbonyl (C=O) groups excluding carboxylic acids is 3. The third kappa shape index (κ3) is 19.2. The zero-order valence-corrected chi connectivity index (χ0v) is 24.2. The van der Waals surface area contributed by atoms with Crippen molar-refractivity contribution in [3.8, 4) is 0 Å². The number of amides is 2. The molecule has 7 nitrogen and oxygen atoms in total. The molecule has 37 heavy (non-hydrogen) atoms. The van der Waals surface area contributed by atoms with Gasteiger partial charge in [-0.25, -0.2) is 4.79 Å². The summed E-state index contributed by atoms with van der Waals surface area (Å²) >= 11 is 0. The summed E-state index contributed by atoms with van der Waals surface area (Å²) in [5, 5.41) is 8.77. The molecule has 0 saturated carbocycles. The fourth-order valence-corrected chi connectivity index (χ4v) is 3.63. The fourth-order valence-electron chi connectivity index (χ4n) is 3.63. The first-order valence-corrected chi connectivity index (χ1v) is 13.6. The van der Waals surface area contributed by atoms with Gasteiger partial charge in [-0.15, -0.1) is 0 Å². The normalized spacial score (nSPS) is 16.0. The van der Waals surface area contributed by atoms with Crippen molar-refractivity contribution < 1.29 is 19.1 Å². The number of hydrogen-bond acceptors (Lipinski definition) is 5. The smallest absolute Gasteiger partial charge is 0.407 e. The molecule has 0 spiro atoms. The summed E-state index contributed by atoms with van der Waals surface area (Å²) in [6, 6.07) is 7.22. The second-order valence-corrected chi connectivity index (χ2v) is 10.3. The average molecular weight is 518 g/mol. The zero-order chi connectivity index (χ0) is 28.1. The van der Waals surface area contributed by atoms with Crippen molar-refractivity contribution in [1.29, 1.82) is 0 Å². The average Bonchev–Trinajstić information content (AvgIpc) is 3.27. The number of nitrogens with one attached hydrogen (secondary N) is 3. The van der Waals surface area contributed by atoms with E-state index in [4.69, 9.17) is 9.53 Å². The minimum Gasteiger partial charge on any atom is -0.444 e. The van der Waals surface area contributed by atoms with Crippen LogP contribution in [0.25, 0.3) is 0 Å². The Labute approximate surface area is 225 Å². The molecule has 2 amide bonds. The molecule has 1 aliphatic carbocycles. The SMILES string of the molecule is CC=O.CCC1C=CC(C)C1.CNCCCCCCNC(=O)c1ccc(CNC(=O)OC(C)(C)C)cc1. The molecule has 1 aromatic rings. The molecule has 3 N–H and O–H groups in total. The van der Waals surface area contributed by atoms with Gasteiger partial charge >= 0.3 is 6.09 Å². The predicted molar refractivity (Wildman–Crippen MR) is 153 cm³/mol. The lowest BCUT2D eigenvalue weighted by atomic mass is 10.0. The minimum atomic E-state index is -0.515. The van der Waals surface area contributed by atoms with Crippen LogP contribution in [0.4, 0.5) is 4.79 Å². The quantitative estimate of drug-likeness (QED) is 0.189. The molecule has 0 radical (unpaired) electrons. The van der Waals surface area contributed by atoms with E-state index in [-0.39, 0.29) is 5.91 Å². The van der Waals surface area contributed by atoms with Gasteiger partial charge in [0.05, 0.1) is 0 Å². The molecule has 0 bridgehead atoms. The van der Waals surface area contributed by atoms with E-state index in [0.717, 1.165) is 43.1 Å². The second-order valence-electron chi connectivity index (χ2n) is 10.3. The van der Waals surface area contributed by atoms with E-state index in [1.807, 2.05) is 40.0 Å². The van der Waals surface area contributed by atoms with Crippen molar-refractivity contribution >= 4 is 18.3 Å². The van der Waals surface area contributed by atoms with Crippen LogP contribution in [0, 0.1) is 11.8 Å². The van der Waals surface area contributed by atoms with Gasteiger partial charge in [0.15, 0.2) is 0 Å². The Morgan fingerprint density at radius 1 is 1.00 bits per heavy atom. The van der Waals surface area contributed by atoms with Crippen molar-refractivity contribution in [2.75, 3.05) is 20.1 Å². The Balaban J connectivity index is 0.000000971. The third-order valence-electron chi connectivity index (χ3n) is 5.60. The van der Waals surface area contributed by atoms with Crippen molar-refractivity contribution in [2.24, 2.45) is 11.8 Å². The molecule has 210 valence electrons. The zero-order valence-electron chi connectivity index (χ0n) is 24.2. The number of alkyl carbamates (subject to hydrolysis) is 1. The summed E-state index contributed by atoms with van der Waals surface area (Å²) in [5.41, 5.74) is 1.02. The Morgan fingerprint density at radius 2 is 1.59 bits per heavy atom. The Bertz CT molecular complexity index is 785. The predicted octanol–water partition coefficient (Wildman–Crippen LogP) is 6.03. The maximum Gasteiger partial charge on any atom is 0.407 e. The number of rotatable bonds is 11. The highest BCUT2D eigenvalue weighted by Gasteiger charge is 2.15. The molecule has 1 aromatic carbocycles. The first-order chi connectivity index (χ1) is 17.6. The van der Waals surface area contributed by atoms with Gasteiger partial charge in [-0.3, -0.25) is 4.79 Å². The molecule has 2 rings (SSSR count). The van der Waals surface area contributed by atoms with Gasteiger partial charge in [0.1, 0.15) is 11.9 Å². The number of ether oxygens (including phenoxy) is 1. The van der Waals surface area contributed by atoms with E-state index in [1.165, 1.54) is 32.6 Å². The van der Waals surface area contributed by atoms with Crippen molar-refractivity contribution in [2.45, 2.75) is 92.2 Å². The largest absolute Gasteiger partial charge is 0.444 e. The highest BCUT2D eigenvalue weighted by molar-refractivity contribution is 5.94. The first-order valence-electron chi connectivity index (χ1n) is 13.6. The summed E-state index contributed by atoms with van der Waals surface area (Å²) in [4.78, 5) is 32.5. The van der Waals surface area contributed by atoms with Gasteiger partial charge in [0.25, 0.3) is 5.91 Å². The molecule has 0 heterocycles. The summed E-state index contributed by atoms with van der Waals surface area (Å²) in [7, 11) is 1.96. The van der Waals surface area contributed by atoms with E-state index in [1.54, 1.807) is 12.1 Å². The lowest BCUT2D eigenvalue weighted by Gasteiger charge is -2.19. The molecule has 0 fully saturated rings. The van der Waals surface area contributed by atoms with Gasteiger partial charge < -0.3 is 25.5 Å². The van der Waals surface area contributed by atoms with Gasteiger partial charge in [0.2, 0.25) is 0 Å². The summed E-state index contributed by atoms with van der Waals surface area (Å²) in [6.07, 6.45) is 12.1. The summed E-state index contributed by atoms with van der Waals surface area (Å²) < 4.78 is 5.19. The molecule has 1 aliphatic rings. The number of carbonyl (C=O) groups is 3. The maximum atomic E-state index is 12.1. The number of benzene rings is 1. The van der Waals surface area contributed by atoms with Crippen LogP contribution in [0.2, 0.25) is 0 Å². The maximum absolute atomic E-state index is 12.1. The topological polar surface area (TPSA) is 96.5 Å². The molecule has 7 heteroatoms. The van der Waals surface area contributed by atoms with Gasteiger partial charge in [-0.05, 0) is 96.5 Å². The fraction of sp³-hybridized carbons (Fsp3) is 0.633. The third-order valence-corrected chi connectivity index (χ3v) is 5.60. The van der Waals surface area contributed by atoms with E-state index >= 15 is 0 Å². The molecule has 2 atom stereocenters. The Hall–Kier alpha value is -2.67. The van der Waals surface area contributed by atoms with E-state index < -0.39 is 11.7 Å². The first kappa shape index (κ1) is 34.3. The second kappa shape index (κ2) is 20.4. The Kier molecular flexibility index (Phi) is 18.9. The van der Waals surface area contributed by atoms with E-state index in [0.29, 0.717) is 18.7 Å². The van der Waals surface area contributed by atoms with E-state index in [2.05, 4.69) is 41.9 Å². The van der Waals surface area contributed by atoms with Gasteiger partial charge in [-0.1, -0.05) is 51.0 Å². The molecular weight excluding hydrogens is 466 g/mol. The van der Waals surface area contributed by atoms with E-state index in [9.17, 15) is 9.59 Å². The summed E-state index contributed by atoms with van der Waals surface area (Å²) in [6.45, 7) is 13.6. The Morgan fingerprint density at radius 3 is 2.05 bits per heavy atom. The van der Waals surface area contributed by atoms with Crippen LogP contribution < -0.4 is 16.0 Å². The lowest BCUT2D eigenvalue weighted by Crippen LogP contribution is -2.32. The number of allylic oxidation sites excluding steroid dienone is 2. The van der Waals surface area contributed by atoms with Crippen LogP contribution in [0.5, 0.6) is 0 Å². The van der Waals surface area contributed by atoms with Crippen LogP contribution in [-0.2, 0) is 16.1 Å². The van der Waals surface area contributed by atoms with Gasteiger partial charge in [-0.2, -0.15) is 0 Å². The number of unbranched alkanes of at least 4 members (excludes halogenated alkanes) is 3. The van der Waals surface area contributed by atoms with Crippen LogP contribution in [0.15, 0.2) is 36.4 Å². The van der Waals surface area contributed by atoms with Crippen LogP contribution in [-0.4, -0.2) is 44.0 Å². The van der Waals surface area contributed by atoms with Crippen LogP contribution in [0.1, 0.15) is 96.0 Å². The minimum absolute atomic E-state index is 0.0631. The number of hydrogen-bond donors (Lipinski definition) is 3. The van der Waals surface area contributed by atoms with Gasteiger partial charge in [0, 0.05) is 18.7 Å². The van der Waals surface area contributed by atoms with Crippen LogP contribution in [0.3, 0.4) is 0 Å². The molecular formula is C30H51N3O4. The van der Waals surface area contributed by atoms with Crippen molar-refractivity contribution in [3.63, 3.8) is 0 Å². The highest BCUT2D eigenvalue weighted by atomic mass is 16.6.